The van der Waals surface area contributed by atoms with Crippen LogP contribution in [0.2, 0.25) is 0 Å². The molecule has 0 aliphatic carbocycles. The van der Waals surface area contributed by atoms with Crippen LogP contribution in [0.3, 0.4) is 0 Å². The molecule has 2 unspecified atom stereocenters. The Morgan fingerprint density at radius 2 is 2.10 bits per heavy atom. The Kier molecular flexibility index (Phi) is 7.19. The largest absolute Gasteiger partial charge is 0.493 e. The van der Waals surface area contributed by atoms with Gasteiger partial charge in [-0.3, -0.25) is 4.79 Å². The SMILES string of the molecule is CCCNC(CC(=O)O)C(O)c1cc(C)ccc1OCC. The minimum absolute atomic E-state index is 0.138. The first kappa shape index (κ1) is 17.5. The highest BCUT2D eigenvalue weighted by Crippen LogP contribution is 2.29. The molecule has 0 fully saturated rings. The summed E-state index contributed by atoms with van der Waals surface area (Å²) in [4.78, 5) is 11.0. The van der Waals surface area contributed by atoms with Crippen LogP contribution in [-0.4, -0.2) is 35.4 Å². The molecule has 0 amide bonds. The molecule has 5 heteroatoms. The van der Waals surface area contributed by atoms with Crippen molar-refractivity contribution in [1.29, 1.82) is 0 Å². The number of nitrogens with one attached hydrogen (secondary N) is 1. The van der Waals surface area contributed by atoms with E-state index >= 15 is 0 Å². The van der Waals surface area contributed by atoms with E-state index in [2.05, 4.69) is 5.32 Å². The van der Waals surface area contributed by atoms with Crippen molar-refractivity contribution >= 4 is 5.97 Å². The molecule has 118 valence electrons. The maximum absolute atomic E-state index is 11.0. The van der Waals surface area contributed by atoms with Crippen molar-refractivity contribution in [3.63, 3.8) is 0 Å². The van der Waals surface area contributed by atoms with E-state index in [1.54, 1.807) is 0 Å². The van der Waals surface area contributed by atoms with E-state index in [9.17, 15) is 9.90 Å². The van der Waals surface area contributed by atoms with E-state index in [0.29, 0.717) is 24.5 Å². The van der Waals surface area contributed by atoms with Crippen LogP contribution in [0.15, 0.2) is 18.2 Å². The van der Waals surface area contributed by atoms with Crippen LogP contribution in [-0.2, 0) is 4.79 Å². The number of aliphatic hydroxyl groups is 1. The third-order valence-electron chi connectivity index (χ3n) is 3.22. The number of aryl methyl sites for hydroxylation is 1. The van der Waals surface area contributed by atoms with Crippen molar-refractivity contribution in [2.24, 2.45) is 0 Å². The smallest absolute Gasteiger partial charge is 0.305 e. The molecular formula is C16H25NO4. The highest BCUT2D eigenvalue weighted by atomic mass is 16.5. The number of carboxylic acids is 1. The fourth-order valence-corrected chi connectivity index (χ4v) is 2.22. The molecular weight excluding hydrogens is 270 g/mol. The molecule has 0 aliphatic heterocycles. The Morgan fingerprint density at radius 3 is 2.67 bits per heavy atom. The zero-order chi connectivity index (χ0) is 15.8. The van der Waals surface area contributed by atoms with Crippen molar-refractivity contribution in [1.82, 2.24) is 5.32 Å². The summed E-state index contributed by atoms with van der Waals surface area (Å²) in [7, 11) is 0. The second-order valence-electron chi connectivity index (χ2n) is 5.08. The quantitative estimate of drug-likeness (QED) is 0.651. The summed E-state index contributed by atoms with van der Waals surface area (Å²) in [5.41, 5.74) is 1.63. The molecule has 0 bridgehead atoms. The number of hydrogen-bond donors (Lipinski definition) is 3. The number of benzene rings is 1. The van der Waals surface area contributed by atoms with Gasteiger partial charge in [0.25, 0.3) is 0 Å². The number of rotatable bonds is 9. The minimum Gasteiger partial charge on any atom is -0.493 e. The highest BCUT2D eigenvalue weighted by molar-refractivity contribution is 5.67. The summed E-state index contributed by atoms with van der Waals surface area (Å²) >= 11 is 0. The molecule has 1 rings (SSSR count). The number of hydrogen-bond acceptors (Lipinski definition) is 4. The highest BCUT2D eigenvalue weighted by Gasteiger charge is 2.25. The Bertz CT molecular complexity index is 462. The molecule has 0 radical (unpaired) electrons. The van der Waals surface area contributed by atoms with Gasteiger partial charge in [0.2, 0.25) is 0 Å². The van der Waals surface area contributed by atoms with Crippen LogP contribution in [0.1, 0.15) is 43.9 Å². The van der Waals surface area contributed by atoms with Gasteiger partial charge in [0.1, 0.15) is 5.75 Å². The summed E-state index contributed by atoms with van der Waals surface area (Å²) in [5, 5.41) is 22.7. The second kappa shape index (κ2) is 8.64. The lowest BCUT2D eigenvalue weighted by Crippen LogP contribution is -2.37. The zero-order valence-corrected chi connectivity index (χ0v) is 12.9. The third kappa shape index (κ3) is 5.36. The monoisotopic (exact) mass is 295 g/mol. The predicted octanol–water partition coefficient (Wildman–Crippen LogP) is 2.27. The first-order valence-electron chi connectivity index (χ1n) is 7.36. The normalized spacial score (nSPS) is 13.7. The topological polar surface area (TPSA) is 78.8 Å². The first-order chi connectivity index (χ1) is 9.99. The maximum atomic E-state index is 11.0. The summed E-state index contributed by atoms with van der Waals surface area (Å²) in [6.45, 7) is 6.95. The number of carbonyl (C=O) groups is 1. The van der Waals surface area contributed by atoms with Gasteiger partial charge in [-0.1, -0.05) is 18.6 Å². The average Bonchev–Trinajstić information content (AvgIpc) is 2.44. The van der Waals surface area contributed by atoms with Gasteiger partial charge in [-0.25, -0.2) is 0 Å². The van der Waals surface area contributed by atoms with E-state index in [-0.39, 0.29) is 6.42 Å². The first-order valence-corrected chi connectivity index (χ1v) is 7.36. The standard InChI is InChI=1S/C16H25NO4/c1-4-8-17-13(10-15(18)19)16(20)12-9-11(3)6-7-14(12)21-5-2/h6-7,9,13,16-17,20H,4-5,8,10H2,1-3H3,(H,18,19). The van der Waals surface area contributed by atoms with Crippen LogP contribution in [0, 0.1) is 6.92 Å². The van der Waals surface area contributed by atoms with E-state index in [4.69, 9.17) is 9.84 Å². The van der Waals surface area contributed by atoms with Crippen LogP contribution in [0.25, 0.3) is 0 Å². The molecule has 2 atom stereocenters. The van der Waals surface area contributed by atoms with Crippen molar-refractivity contribution in [3.05, 3.63) is 29.3 Å². The van der Waals surface area contributed by atoms with Crippen LogP contribution in [0.4, 0.5) is 0 Å². The Morgan fingerprint density at radius 1 is 1.38 bits per heavy atom. The number of ether oxygens (including phenoxy) is 1. The van der Waals surface area contributed by atoms with Gasteiger partial charge in [0, 0.05) is 11.6 Å². The maximum Gasteiger partial charge on any atom is 0.305 e. The molecule has 0 saturated heterocycles. The van der Waals surface area contributed by atoms with E-state index < -0.39 is 18.1 Å². The number of carboxylic acid groups (broad SMARTS) is 1. The number of aliphatic carboxylic acids is 1. The molecule has 21 heavy (non-hydrogen) atoms. The molecule has 0 heterocycles. The van der Waals surface area contributed by atoms with E-state index in [1.165, 1.54) is 0 Å². The fourth-order valence-electron chi connectivity index (χ4n) is 2.22. The molecule has 0 spiro atoms. The third-order valence-corrected chi connectivity index (χ3v) is 3.22. The minimum atomic E-state index is -0.937. The van der Waals surface area contributed by atoms with Crippen molar-refractivity contribution < 1.29 is 19.7 Å². The average molecular weight is 295 g/mol. The van der Waals surface area contributed by atoms with E-state index in [1.807, 2.05) is 39.0 Å². The molecule has 0 aromatic heterocycles. The molecule has 1 aromatic rings. The lowest BCUT2D eigenvalue weighted by atomic mass is 9.97. The molecule has 3 N–H and O–H groups in total. The lowest BCUT2D eigenvalue weighted by Gasteiger charge is -2.25. The summed E-state index contributed by atoms with van der Waals surface area (Å²) < 4.78 is 5.54. The Hall–Kier alpha value is -1.59. The van der Waals surface area contributed by atoms with Gasteiger partial charge >= 0.3 is 5.97 Å². The predicted molar refractivity (Wildman–Crippen MR) is 81.6 cm³/mol. The van der Waals surface area contributed by atoms with Crippen LogP contribution >= 0.6 is 0 Å². The Labute approximate surface area is 125 Å². The molecule has 0 saturated carbocycles. The van der Waals surface area contributed by atoms with Gasteiger partial charge in [0.05, 0.1) is 19.1 Å². The fraction of sp³-hybridized carbons (Fsp3) is 0.562. The second-order valence-corrected chi connectivity index (χ2v) is 5.08. The van der Waals surface area contributed by atoms with Crippen molar-refractivity contribution in [3.8, 4) is 5.75 Å². The molecule has 1 aromatic carbocycles. The number of aliphatic hydroxyl groups excluding tert-OH is 1. The van der Waals surface area contributed by atoms with E-state index in [0.717, 1.165) is 12.0 Å². The lowest BCUT2D eigenvalue weighted by molar-refractivity contribution is -0.138. The molecule has 5 nitrogen and oxygen atoms in total. The molecule has 0 aliphatic rings. The van der Waals surface area contributed by atoms with Crippen molar-refractivity contribution in [2.75, 3.05) is 13.2 Å². The summed E-state index contributed by atoms with van der Waals surface area (Å²) in [6, 6.07) is 5.03. The van der Waals surface area contributed by atoms with Gasteiger partial charge in [0.15, 0.2) is 0 Å². The Balaban J connectivity index is 3.02. The van der Waals surface area contributed by atoms with Gasteiger partial charge in [-0.05, 0) is 38.9 Å². The van der Waals surface area contributed by atoms with Crippen LogP contribution in [0.5, 0.6) is 5.75 Å². The van der Waals surface area contributed by atoms with Gasteiger partial charge in [-0.2, -0.15) is 0 Å². The zero-order valence-electron chi connectivity index (χ0n) is 12.9. The van der Waals surface area contributed by atoms with Gasteiger partial charge in [-0.15, -0.1) is 0 Å². The summed E-state index contributed by atoms with van der Waals surface area (Å²) in [5.74, 6) is -0.336. The van der Waals surface area contributed by atoms with Gasteiger partial charge < -0.3 is 20.3 Å². The van der Waals surface area contributed by atoms with Crippen LogP contribution < -0.4 is 10.1 Å². The summed E-state index contributed by atoms with van der Waals surface area (Å²) in [6.07, 6.45) is -0.190. The van der Waals surface area contributed by atoms with Crippen molar-refractivity contribution in [2.45, 2.75) is 45.8 Å².